The van der Waals surface area contributed by atoms with Gasteiger partial charge in [0.25, 0.3) is 0 Å². The molecule has 0 aliphatic heterocycles. The fourth-order valence-electron chi connectivity index (χ4n) is 8.35. The van der Waals surface area contributed by atoms with Crippen LogP contribution < -0.4 is 0 Å². The molecule has 0 fully saturated rings. The molecular weight excluding hydrogens is 625 g/mol. The molecule has 0 heterocycles. The van der Waals surface area contributed by atoms with Crippen molar-refractivity contribution >= 4 is 32.3 Å². The normalized spacial score (nSPS) is 13.4. The number of fused-ring (bicyclic) bond motifs is 5. The summed E-state index contributed by atoms with van der Waals surface area (Å²) in [5, 5.41) is 7.86. The summed E-state index contributed by atoms with van der Waals surface area (Å²) in [5.74, 6) is 0. The Labute approximate surface area is 311 Å². The number of rotatable bonds is 2. The predicted molar refractivity (Wildman–Crippen MR) is 229 cm³/mol. The van der Waals surface area contributed by atoms with E-state index in [9.17, 15) is 0 Å². The second kappa shape index (κ2) is 11.4. The molecule has 0 saturated heterocycles. The van der Waals surface area contributed by atoms with Gasteiger partial charge in [0.05, 0.1) is 0 Å². The van der Waals surface area contributed by atoms with E-state index in [1.54, 1.807) is 0 Å². The average Bonchev–Trinajstić information content (AvgIpc) is 3.39. The minimum absolute atomic E-state index is 0.00134. The van der Waals surface area contributed by atoms with Crippen LogP contribution in [0.25, 0.3) is 76.8 Å². The van der Waals surface area contributed by atoms with Crippen molar-refractivity contribution in [2.24, 2.45) is 0 Å². The lowest BCUT2D eigenvalue weighted by Gasteiger charge is -2.29. The third kappa shape index (κ3) is 5.58. The maximum Gasteiger partial charge on any atom is -0.000741 e. The van der Waals surface area contributed by atoms with Crippen LogP contribution in [0, 0.1) is 0 Å². The van der Waals surface area contributed by atoms with Crippen LogP contribution in [0.4, 0.5) is 0 Å². The van der Waals surface area contributed by atoms with Crippen LogP contribution >= 0.6 is 0 Å². The van der Waals surface area contributed by atoms with E-state index in [2.05, 4.69) is 192 Å². The van der Waals surface area contributed by atoms with Gasteiger partial charge in [0, 0.05) is 0 Å². The van der Waals surface area contributed by atoms with Gasteiger partial charge in [-0.2, -0.15) is 0 Å². The lowest BCUT2D eigenvalue weighted by Crippen LogP contribution is -2.17. The summed E-state index contributed by atoms with van der Waals surface area (Å²) in [5.41, 5.74) is 16.3. The highest BCUT2D eigenvalue weighted by Crippen LogP contribution is 2.58. The van der Waals surface area contributed by atoms with E-state index in [-0.39, 0.29) is 21.7 Å². The second-order valence-electron chi connectivity index (χ2n) is 19.6. The van der Waals surface area contributed by atoms with Gasteiger partial charge in [0.2, 0.25) is 0 Å². The fourth-order valence-corrected chi connectivity index (χ4v) is 8.35. The Balaban J connectivity index is 1.65. The molecule has 0 bridgehead atoms. The quantitative estimate of drug-likeness (QED) is 0.160. The molecule has 1 aliphatic carbocycles. The summed E-state index contributed by atoms with van der Waals surface area (Å²) in [4.78, 5) is 0. The summed E-state index contributed by atoms with van der Waals surface area (Å²) in [6, 6.07) is 42.7. The highest BCUT2D eigenvalue weighted by atomic mass is 14.4. The fraction of sp³-hybridized carbons (Fsp3) is 0.308. The third-order valence-electron chi connectivity index (χ3n) is 11.5. The Morgan fingerprint density at radius 2 is 0.635 bits per heavy atom. The van der Waals surface area contributed by atoms with Gasteiger partial charge < -0.3 is 0 Å². The van der Waals surface area contributed by atoms with Gasteiger partial charge in [-0.1, -0.05) is 180 Å². The minimum Gasteiger partial charge on any atom is -0.0616 e. The van der Waals surface area contributed by atoms with Crippen molar-refractivity contribution < 1.29 is 0 Å². The zero-order chi connectivity index (χ0) is 37.1. The van der Waals surface area contributed by atoms with Crippen LogP contribution in [0.1, 0.15) is 105 Å². The largest absolute Gasteiger partial charge is 0.0616 e. The SMILES string of the molecule is CC(C)(C)c1cc(-c2c3c(c(-c4cc(C(C)(C)C)cc(C(C)(C)C)c4)c4cc5ccccc5cc24)-c2cccc4cccc-3c24)cc(C(C)(C)C)c1. The van der Waals surface area contributed by atoms with E-state index in [0.717, 1.165) is 0 Å². The Hall–Kier alpha value is -4.68. The Morgan fingerprint density at radius 1 is 0.308 bits per heavy atom. The monoisotopic (exact) mass is 678 g/mol. The number of hydrogen-bond acceptors (Lipinski definition) is 0. The van der Waals surface area contributed by atoms with Gasteiger partial charge in [0.15, 0.2) is 0 Å². The molecule has 0 N–H and O–H groups in total. The Kier molecular flexibility index (Phi) is 7.55. The maximum atomic E-state index is 2.50. The van der Waals surface area contributed by atoms with Crippen molar-refractivity contribution in [3.05, 3.63) is 131 Å². The molecule has 0 amide bonds. The first-order valence-corrected chi connectivity index (χ1v) is 19.2. The summed E-state index contributed by atoms with van der Waals surface area (Å²) < 4.78 is 0. The molecule has 0 spiro atoms. The molecule has 0 saturated carbocycles. The molecule has 0 nitrogen and oxygen atoms in total. The summed E-state index contributed by atoms with van der Waals surface area (Å²) in [6.07, 6.45) is 0. The van der Waals surface area contributed by atoms with Crippen molar-refractivity contribution in [3.63, 3.8) is 0 Å². The standard InChI is InChI=1S/C52H54/c1-49(2,3)36-23-34(24-37(29-36)50(4,5)6)45-42-27-32-17-13-14-18-33(32)28-43(42)46(35-25-38(51(7,8)9)30-39(26-35)52(10,11)12)48-41-22-16-20-31-19-15-21-40(44(31)41)47(45)48/h13-30H,1-12H3. The third-order valence-corrected chi connectivity index (χ3v) is 11.5. The molecule has 7 aromatic rings. The number of hydrogen-bond donors (Lipinski definition) is 0. The Bertz CT molecular complexity index is 2340. The van der Waals surface area contributed by atoms with Crippen LogP contribution in [0.3, 0.4) is 0 Å². The molecule has 8 rings (SSSR count). The molecule has 0 unspecified atom stereocenters. The topological polar surface area (TPSA) is 0 Å². The van der Waals surface area contributed by atoms with Crippen LogP contribution in [-0.2, 0) is 21.7 Å². The summed E-state index contributed by atoms with van der Waals surface area (Å²) in [6.45, 7) is 28.2. The van der Waals surface area contributed by atoms with Crippen LogP contribution in [0.5, 0.6) is 0 Å². The van der Waals surface area contributed by atoms with Crippen molar-refractivity contribution in [1.82, 2.24) is 0 Å². The first-order valence-electron chi connectivity index (χ1n) is 19.2. The Morgan fingerprint density at radius 3 is 0.962 bits per heavy atom. The van der Waals surface area contributed by atoms with Crippen LogP contribution in [0.15, 0.2) is 109 Å². The lowest BCUT2D eigenvalue weighted by atomic mass is 9.75. The van der Waals surface area contributed by atoms with Gasteiger partial charge in [-0.3, -0.25) is 0 Å². The predicted octanol–water partition coefficient (Wildman–Crippen LogP) is 15.3. The highest BCUT2D eigenvalue weighted by molar-refractivity contribution is 6.28. The van der Waals surface area contributed by atoms with E-state index >= 15 is 0 Å². The molecule has 52 heavy (non-hydrogen) atoms. The van der Waals surface area contributed by atoms with Crippen molar-refractivity contribution in [2.75, 3.05) is 0 Å². The zero-order valence-electron chi connectivity index (χ0n) is 33.4. The van der Waals surface area contributed by atoms with Gasteiger partial charge in [0.1, 0.15) is 0 Å². The lowest BCUT2D eigenvalue weighted by molar-refractivity contribution is 0.568. The first-order chi connectivity index (χ1) is 24.3. The molecule has 0 radical (unpaired) electrons. The van der Waals surface area contributed by atoms with Crippen LogP contribution in [0.2, 0.25) is 0 Å². The molecule has 0 heteroatoms. The molecular formula is C52H54. The molecule has 7 aromatic carbocycles. The summed E-state index contributed by atoms with van der Waals surface area (Å²) in [7, 11) is 0. The van der Waals surface area contributed by atoms with E-state index in [1.807, 2.05) is 0 Å². The molecule has 262 valence electrons. The molecule has 0 aromatic heterocycles. The van der Waals surface area contributed by atoms with E-state index in [0.29, 0.717) is 0 Å². The highest BCUT2D eigenvalue weighted by Gasteiger charge is 2.33. The van der Waals surface area contributed by atoms with E-state index in [4.69, 9.17) is 0 Å². The second-order valence-corrected chi connectivity index (χ2v) is 19.6. The van der Waals surface area contributed by atoms with E-state index in [1.165, 1.54) is 99.1 Å². The first kappa shape index (κ1) is 34.4. The average molecular weight is 679 g/mol. The maximum absolute atomic E-state index is 2.50. The van der Waals surface area contributed by atoms with Gasteiger partial charge in [-0.05, 0) is 133 Å². The van der Waals surface area contributed by atoms with E-state index < -0.39 is 0 Å². The number of benzene rings is 7. The molecule has 0 atom stereocenters. The van der Waals surface area contributed by atoms with Crippen molar-refractivity contribution in [1.29, 1.82) is 0 Å². The van der Waals surface area contributed by atoms with Gasteiger partial charge in [-0.15, -0.1) is 0 Å². The van der Waals surface area contributed by atoms with Crippen LogP contribution in [-0.4, -0.2) is 0 Å². The smallest absolute Gasteiger partial charge is 0.000741 e. The molecule has 1 aliphatic rings. The van der Waals surface area contributed by atoms with Gasteiger partial charge >= 0.3 is 0 Å². The summed E-state index contributed by atoms with van der Waals surface area (Å²) >= 11 is 0. The zero-order valence-corrected chi connectivity index (χ0v) is 33.4. The van der Waals surface area contributed by atoms with Gasteiger partial charge in [-0.25, -0.2) is 0 Å². The van der Waals surface area contributed by atoms with Crippen molar-refractivity contribution in [2.45, 2.75) is 105 Å². The minimum atomic E-state index is 0.00134. The van der Waals surface area contributed by atoms with Crippen molar-refractivity contribution in [3.8, 4) is 44.5 Å².